The molecule has 0 saturated carbocycles. The molecule has 2 aliphatic heterocycles. The van der Waals surface area contributed by atoms with Gasteiger partial charge in [-0.15, -0.1) is 0 Å². The largest absolute Gasteiger partial charge is 0.370 e. The quantitative estimate of drug-likeness (QED) is 0.490. The molecule has 4 atom stereocenters. The first-order valence-corrected chi connectivity index (χ1v) is 3.64. The Labute approximate surface area is 55.1 Å². The highest BCUT2D eigenvalue weighted by molar-refractivity contribution is 5.00. The number of fused-ring (bicyclic) bond motifs is 1. The monoisotopic (exact) mass is 128 g/mol. The minimum Gasteiger partial charge on any atom is -0.370 e. The van der Waals surface area contributed by atoms with E-state index in [4.69, 9.17) is 9.47 Å². The third kappa shape index (κ3) is 0.700. The second kappa shape index (κ2) is 1.70. The maximum absolute atomic E-state index is 5.55. The van der Waals surface area contributed by atoms with E-state index < -0.39 is 0 Å². The molecule has 0 spiro atoms. The molecule has 2 heteroatoms. The third-order valence-electron chi connectivity index (χ3n) is 2.18. The first-order chi connectivity index (χ1) is 4.33. The van der Waals surface area contributed by atoms with E-state index in [1.165, 1.54) is 0 Å². The van der Waals surface area contributed by atoms with Crippen molar-refractivity contribution in [2.75, 3.05) is 0 Å². The molecule has 52 valence electrons. The number of ether oxygens (including phenoxy) is 2. The van der Waals surface area contributed by atoms with Crippen LogP contribution in [0, 0.1) is 0 Å². The lowest BCUT2D eigenvalue weighted by Crippen LogP contribution is -2.16. The maximum atomic E-state index is 5.55. The molecule has 0 aromatic carbocycles. The van der Waals surface area contributed by atoms with Crippen LogP contribution in [0.3, 0.4) is 0 Å². The Balaban J connectivity index is 2.00. The first kappa shape index (κ1) is 5.69. The van der Waals surface area contributed by atoms with Crippen LogP contribution >= 0.6 is 0 Å². The molecule has 0 N–H and O–H groups in total. The molecule has 0 aromatic rings. The summed E-state index contributed by atoms with van der Waals surface area (Å²) < 4.78 is 10.9. The van der Waals surface area contributed by atoms with Crippen molar-refractivity contribution in [3.05, 3.63) is 0 Å². The van der Waals surface area contributed by atoms with Crippen molar-refractivity contribution in [1.29, 1.82) is 0 Å². The molecule has 4 unspecified atom stereocenters. The van der Waals surface area contributed by atoms with Crippen LogP contribution in [0.4, 0.5) is 0 Å². The molecule has 2 aliphatic rings. The zero-order valence-corrected chi connectivity index (χ0v) is 5.83. The van der Waals surface area contributed by atoms with E-state index in [9.17, 15) is 0 Å². The fourth-order valence-corrected chi connectivity index (χ4v) is 1.57. The molecule has 2 fully saturated rings. The molecule has 0 amide bonds. The Morgan fingerprint density at radius 2 is 2.00 bits per heavy atom. The van der Waals surface area contributed by atoms with Gasteiger partial charge in [-0.25, -0.2) is 0 Å². The van der Waals surface area contributed by atoms with E-state index in [1.807, 2.05) is 0 Å². The average Bonchev–Trinajstić information content (AvgIpc) is 2.56. The highest BCUT2D eigenvalue weighted by Gasteiger charge is 2.55. The van der Waals surface area contributed by atoms with Gasteiger partial charge >= 0.3 is 0 Å². The topological polar surface area (TPSA) is 21.8 Å². The van der Waals surface area contributed by atoms with Crippen LogP contribution in [0.1, 0.15) is 20.3 Å². The van der Waals surface area contributed by atoms with E-state index in [1.54, 1.807) is 0 Å². The van der Waals surface area contributed by atoms with Gasteiger partial charge in [0.05, 0.1) is 12.2 Å². The first-order valence-electron chi connectivity index (χ1n) is 3.64. The Bertz CT molecular complexity index is 124. The van der Waals surface area contributed by atoms with Crippen molar-refractivity contribution in [3.8, 4) is 0 Å². The predicted octanol–water partition coefficient (Wildman–Crippen LogP) is 0.951. The average molecular weight is 128 g/mol. The smallest absolute Gasteiger partial charge is 0.113 e. The van der Waals surface area contributed by atoms with E-state index in [2.05, 4.69) is 13.8 Å². The van der Waals surface area contributed by atoms with Crippen LogP contribution in [-0.2, 0) is 9.47 Å². The standard InChI is InChI=1S/C7H12O2/c1-3-5-7-6(9-7)4(2)8-5/h4-7H,3H2,1-2H3. The molecule has 0 aliphatic carbocycles. The summed E-state index contributed by atoms with van der Waals surface area (Å²) in [6.45, 7) is 4.22. The van der Waals surface area contributed by atoms with Crippen LogP contribution in [0.5, 0.6) is 0 Å². The molecule has 2 rings (SSSR count). The maximum Gasteiger partial charge on any atom is 0.113 e. The summed E-state index contributed by atoms with van der Waals surface area (Å²) in [7, 11) is 0. The van der Waals surface area contributed by atoms with Gasteiger partial charge in [-0.3, -0.25) is 0 Å². The van der Waals surface area contributed by atoms with Gasteiger partial charge in [0.15, 0.2) is 0 Å². The Hall–Kier alpha value is -0.0800. The Morgan fingerprint density at radius 3 is 2.22 bits per heavy atom. The number of hydrogen-bond donors (Lipinski definition) is 0. The van der Waals surface area contributed by atoms with E-state index >= 15 is 0 Å². The number of epoxide rings is 1. The van der Waals surface area contributed by atoms with Crippen molar-refractivity contribution in [3.63, 3.8) is 0 Å². The van der Waals surface area contributed by atoms with Gasteiger partial charge in [-0.2, -0.15) is 0 Å². The zero-order chi connectivity index (χ0) is 6.43. The van der Waals surface area contributed by atoms with Gasteiger partial charge < -0.3 is 9.47 Å². The number of hydrogen-bond acceptors (Lipinski definition) is 2. The molecular weight excluding hydrogens is 116 g/mol. The summed E-state index contributed by atoms with van der Waals surface area (Å²) in [5.41, 5.74) is 0. The molecule has 0 aromatic heterocycles. The fraction of sp³-hybridized carbons (Fsp3) is 1.00. The van der Waals surface area contributed by atoms with Crippen molar-refractivity contribution in [1.82, 2.24) is 0 Å². The van der Waals surface area contributed by atoms with Crippen molar-refractivity contribution < 1.29 is 9.47 Å². The van der Waals surface area contributed by atoms with Gasteiger partial charge in [-0.1, -0.05) is 6.92 Å². The van der Waals surface area contributed by atoms with Crippen molar-refractivity contribution in [2.45, 2.75) is 44.7 Å². The predicted molar refractivity (Wildman–Crippen MR) is 33.3 cm³/mol. The van der Waals surface area contributed by atoms with E-state index in [0.717, 1.165) is 6.42 Å². The second-order valence-electron chi connectivity index (χ2n) is 2.85. The van der Waals surface area contributed by atoms with Gasteiger partial charge in [0.2, 0.25) is 0 Å². The van der Waals surface area contributed by atoms with Crippen LogP contribution in [-0.4, -0.2) is 24.4 Å². The molecule has 2 nitrogen and oxygen atoms in total. The highest BCUT2D eigenvalue weighted by atomic mass is 16.7. The van der Waals surface area contributed by atoms with Gasteiger partial charge in [-0.05, 0) is 13.3 Å². The van der Waals surface area contributed by atoms with Gasteiger partial charge in [0.1, 0.15) is 12.2 Å². The normalized spacial score (nSPS) is 55.3. The van der Waals surface area contributed by atoms with Crippen molar-refractivity contribution in [2.24, 2.45) is 0 Å². The van der Waals surface area contributed by atoms with Gasteiger partial charge in [0.25, 0.3) is 0 Å². The summed E-state index contributed by atoms with van der Waals surface area (Å²) in [6, 6.07) is 0. The van der Waals surface area contributed by atoms with Crippen LogP contribution in [0.2, 0.25) is 0 Å². The van der Waals surface area contributed by atoms with Crippen LogP contribution in [0.15, 0.2) is 0 Å². The summed E-state index contributed by atoms with van der Waals surface area (Å²) in [5.74, 6) is 0. The summed E-state index contributed by atoms with van der Waals surface area (Å²) in [6.07, 6.45) is 2.72. The lowest BCUT2D eigenvalue weighted by molar-refractivity contribution is -0.0215. The minimum absolute atomic E-state index is 0.347. The third-order valence-corrected chi connectivity index (χ3v) is 2.18. The minimum atomic E-state index is 0.347. The molecule has 0 radical (unpaired) electrons. The van der Waals surface area contributed by atoms with Crippen molar-refractivity contribution >= 4 is 0 Å². The molecular formula is C7H12O2. The summed E-state index contributed by atoms with van der Waals surface area (Å²) in [5, 5.41) is 0. The van der Waals surface area contributed by atoms with Gasteiger partial charge in [0, 0.05) is 0 Å². The lowest BCUT2D eigenvalue weighted by atomic mass is 10.2. The summed E-state index contributed by atoms with van der Waals surface area (Å²) >= 11 is 0. The van der Waals surface area contributed by atoms with E-state index in [-0.39, 0.29) is 0 Å². The lowest BCUT2D eigenvalue weighted by Gasteiger charge is -2.11. The Kier molecular flexibility index (Phi) is 1.08. The molecule has 2 heterocycles. The fourth-order valence-electron chi connectivity index (χ4n) is 1.57. The van der Waals surface area contributed by atoms with Crippen LogP contribution < -0.4 is 0 Å². The summed E-state index contributed by atoms with van der Waals surface area (Å²) in [4.78, 5) is 0. The van der Waals surface area contributed by atoms with Crippen LogP contribution in [0.25, 0.3) is 0 Å². The zero-order valence-electron chi connectivity index (χ0n) is 5.83. The van der Waals surface area contributed by atoms with E-state index in [0.29, 0.717) is 24.4 Å². The SMILES string of the molecule is CCC1OC(C)C2OC12. The second-order valence-corrected chi connectivity index (χ2v) is 2.85. The Morgan fingerprint density at radius 1 is 1.22 bits per heavy atom. The molecule has 9 heavy (non-hydrogen) atoms. The highest BCUT2D eigenvalue weighted by Crippen LogP contribution is 2.39. The number of rotatable bonds is 1. The molecule has 2 saturated heterocycles. The molecule has 0 bridgehead atoms.